The summed E-state index contributed by atoms with van der Waals surface area (Å²) in [7, 11) is 0. The van der Waals surface area contributed by atoms with E-state index in [0.717, 1.165) is 18.8 Å². The van der Waals surface area contributed by atoms with Gasteiger partial charge in [-0.1, -0.05) is 25.3 Å². The first-order valence-electron chi connectivity index (χ1n) is 5.92. The van der Waals surface area contributed by atoms with E-state index in [0.29, 0.717) is 5.92 Å². The minimum absolute atomic E-state index is 0.0841. The molecule has 1 atom stereocenters. The van der Waals surface area contributed by atoms with Gasteiger partial charge >= 0.3 is 0 Å². The van der Waals surface area contributed by atoms with Gasteiger partial charge in [-0.2, -0.15) is 0 Å². The first-order chi connectivity index (χ1) is 6.59. The van der Waals surface area contributed by atoms with Gasteiger partial charge in [-0.3, -0.25) is 0 Å². The van der Waals surface area contributed by atoms with E-state index in [2.05, 4.69) is 13.5 Å². The highest BCUT2D eigenvalue weighted by Crippen LogP contribution is 2.31. The van der Waals surface area contributed by atoms with Gasteiger partial charge in [-0.05, 0) is 44.4 Å². The lowest BCUT2D eigenvalue weighted by atomic mass is 9.79. The molecule has 1 fully saturated rings. The van der Waals surface area contributed by atoms with Crippen molar-refractivity contribution >= 4 is 0 Å². The third-order valence-electron chi connectivity index (χ3n) is 3.47. The Morgan fingerprint density at radius 3 is 2.43 bits per heavy atom. The molecule has 1 N–H and O–H groups in total. The van der Waals surface area contributed by atoms with E-state index in [1.807, 2.05) is 6.92 Å². The molecular formula is C13H24O. The molecule has 0 aromatic rings. The van der Waals surface area contributed by atoms with Gasteiger partial charge < -0.3 is 5.11 Å². The van der Waals surface area contributed by atoms with Gasteiger partial charge in [0.1, 0.15) is 0 Å². The van der Waals surface area contributed by atoms with Gasteiger partial charge in [0.25, 0.3) is 0 Å². The van der Waals surface area contributed by atoms with Crippen molar-refractivity contribution in [3.05, 3.63) is 12.2 Å². The standard InChI is InChI=1S/C13H24O/c1-10(2)4-9-13(14)12-7-5-11(3)6-8-12/h11-14H,1,4-9H2,2-3H3. The minimum atomic E-state index is -0.0841. The van der Waals surface area contributed by atoms with Crippen molar-refractivity contribution in [2.75, 3.05) is 0 Å². The molecule has 0 amide bonds. The van der Waals surface area contributed by atoms with Crippen LogP contribution in [-0.4, -0.2) is 11.2 Å². The first-order valence-corrected chi connectivity index (χ1v) is 5.92. The second-order valence-electron chi connectivity index (χ2n) is 5.08. The van der Waals surface area contributed by atoms with Crippen LogP contribution in [0.2, 0.25) is 0 Å². The fourth-order valence-corrected chi connectivity index (χ4v) is 2.30. The molecule has 1 nitrogen and oxygen atoms in total. The van der Waals surface area contributed by atoms with Crippen LogP contribution in [0.3, 0.4) is 0 Å². The van der Waals surface area contributed by atoms with E-state index in [4.69, 9.17) is 0 Å². The summed E-state index contributed by atoms with van der Waals surface area (Å²) in [6, 6.07) is 0. The predicted molar refractivity (Wildman–Crippen MR) is 61.2 cm³/mol. The molecule has 14 heavy (non-hydrogen) atoms. The van der Waals surface area contributed by atoms with Crippen molar-refractivity contribution in [1.29, 1.82) is 0 Å². The molecule has 82 valence electrons. The molecule has 0 radical (unpaired) electrons. The maximum atomic E-state index is 9.97. The zero-order valence-electron chi connectivity index (χ0n) is 9.63. The molecule has 1 saturated carbocycles. The Labute approximate surface area is 88.2 Å². The number of hydrogen-bond acceptors (Lipinski definition) is 1. The van der Waals surface area contributed by atoms with Crippen LogP contribution in [-0.2, 0) is 0 Å². The zero-order valence-corrected chi connectivity index (χ0v) is 9.63. The summed E-state index contributed by atoms with van der Waals surface area (Å²) in [5, 5.41) is 9.97. The lowest BCUT2D eigenvalue weighted by Crippen LogP contribution is -2.25. The molecule has 0 bridgehead atoms. The molecule has 0 aromatic heterocycles. The van der Waals surface area contributed by atoms with E-state index in [1.54, 1.807) is 0 Å². The Morgan fingerprint density at radius 1 is 1.36 bits per heavy atom. The third kappa shape index (κ3) is 3.83. The molecule has 1 aliphatic rings. The summed E-state index contributed by atoms with van der Waals surface area (Å²) < 4.78 is 0. The maximum Gasteiger partial charge on any atom is 0.0571 e. The van der Waals surface area contributed by atoms with Gasteiger partial charge in [0.05, 0.1) is 6.10 Å². The fraction of sp³-hybridized carbons (Fsp3) is 0.846. The average molecular weight is 196 g/mol. The second-order valence-corrected chi connectivity index (χ2v) is 5.08. The molecule has 0 aliphatic heterocycles. The smallest absolute Gasteiger partial charge is 0.0571 e. The van der Waals surface area contributed by atoms with E-state index in [-0.39, 0.29) is 6.10 Å². The van der Waals surface area contributed by atoms with Crippen LogP contribution >= 0.6 is 0 Å². The quantitative estimate of drug-likeness (QED) is 0.682. The Morgan fingerprint density at radius 2 is 1.93 bits per heavy atom. The number of aliphatic hydroxyl groups excluding tert-OH is 1. The zero-order chi connectivity index (χ0) is 10.6. The number of aliphatic hydroxyl groups is 1. The van der Waals surface area contributed by atoms with Crippen LogP contribution in [0.15, 0.2) is 12.2 Å². The topological polar surface area (TPSA) is 20.2 Å². The number of rotatable bonds is 4. The molecule has 1 heteroatoms. The Kier molecular flexibility index (Phi) is 4.67. The molecule has 1 unspecified atom stereocenters. The SMILES string of the molecule is C=C(C)CCC(O)C1CCC(C)CC1. The highest BCUT2D eigenvalue weighted by molar-refractivity contribution is 4.89. The van der Waals surface area contributed by atoms with Crippen molar-refractivity contribution in [2.24, 2.45) is 11.8 Å². The van der Waals surface area contributed by atoms with Crippen molar-refractivity contribution in [1.82, 2.24) is 0 Å². The number of allylic oxidation sites excluding steroid dienone is 1. The third-order valence-corrected chi connectivity index (χ3v) is 3.47. The summed E-state index contributed by atoms with van der Waals surface area (Å²) >= 11 is 0. The Bertz CT molecular complexity index is 178. The van der Waals surface area contributed by atoms with E-state index >= 15 is 0 Å². The summed E-state index contributed by atoms with van der Waals surface area (Å²) in [4.78, 5) is 0. The van der Waals surface area contributed by atoms with Crippen molar-refractivity contribution in [3.63, 3.8) is 0 Å². The normalized spacial score (nSPS) is 29.9. The fourth-order valence-electron chi connectivity index (χ4n) is 2.30. The van der Waals surface area contributed by atoms with Gasteiger partial charge in [0.2, 0.25) is 0 Å². The van der Waals surface area contributed by atoms with E-state index in [9.17, 15) is 5.11 Å². The average Bonchev–Trinajstić information content (AvgIpc) is 2.15. The largest absolute Gasteiger partial charge is 0.393 e. The molecule has 1 rings (SSSR count). The van der Waals surface area contributed by atoms with Gasteiger partial charge in [0.15, 0.2) is 0 Å². The summed E-state index contributed by atoms with van der Waals surface area (Å²) in [6.45, 7) is 8.23. The molecule has 0 aromatic carbocycles. The lowest BCUT2D eigenvalue weighted by Gasteiger charge is -2.29. The second kappa shape index (κ2) is 5.55. The predicted octanol–water partition coefficient (Wildman–Crippen LogP) is 3.53. The van der Waals surface area contributed by atoms with Crippen LogP contribution in [0.1, 0.15) is 52.4 Å². The van der Waals surface area contributed by atoms with Gasteiger partial charge in [-0.15, -0.1) is 6.58 Å². The van der Waals surface area contributed by atoms with E-state index < -0.39 is 0 Å². The Hall–Kier alpha value is -0.300. The van der Waals surface area contributed by atoms with Crippen molar-refractivity contribution in [2.45, 2.75) is 58.5 Å². The lowest BCUT2D eigenvalue weighted by molar-refractivity contribution is 0.0690. The van der Waals surface area contributed by atoms with Crippen LogP contribution < -0.4 is 0 Å². The molecule has 0 heterocycles. The van der Waals surface area contributed by atoms with Crippen LogP contribution in [0.25, 0.3) is 0 Å². The maximum absolute atomic E-state index is 9.97. The molecular weight excluding hydrogens is 172 g/mol. The summed E-state index contributed by atoms with van der Waals surface area (Å²) in [5.41, 5.74) is 1.19. The highest BCUT2D eigenvalue weighted by atomic mass is 16.3. The molecule has 0 saturated heterocycles. The van der Waals surface area contributed by atoms with Crippen LogP contribution in [0.4, 0.5) is 0 Å². The van der Waals surface area contributed by atoms with E-state index in [1.165, 1.54) is 31.3 Å². The molecule has 0 spiro atoms. The summed E-state index contributed by atoms with van der Waals surface area (Å²) in [6.07, 6.45) is 6.85. The van der Waals surface area contributed by atoms with Crippen LogP contribution in [0.5, 0.6) is 0 Å². The Balaban J connectivity index is 2.23. The highest BCUT2D eigenvalue weighted by Gasteiger charge is 2.23. The van der Waals surface area contributed by atoms with Crippen LogP contribution in [0, 0.1) is 11.8 Å². The van der Waals surface area contributed by atoms with Crippen molar-refractivity contribution in [3.8, 4) is 0 Å². The van der Waals surface area contributed by atoms with Gasteiger partial charge in [0, 0.05) is 0 Å². The first kappa shape index (κ1) is 11.8. The summed E-state index contributed by atoms with van der Waals surface area (Å²) in [5.74, 6) is 1.44. The monoisotopic (exact) mass is 196 g/mol. The van der Waals surface area contributed by atoms with Crippen molar-refractivity contribution < 1.29 is 5.11 Å². The molecule has 1 aliphatic carbocycles. The van der Waals surface area contributed by atoms with Gasteiger partial charge in [-0.25, -0.2) is 0 Å². The number of hydrogen-bond donors (Lipinski definition) is 1. The minimum Gasteiger partial charge on any atom is -0.393 e.